The van der Waals surface area contributed by atoms with Gasteiger partial charge in [-0.2, -0.15) is 0 Å². The third kappa shape index (κ3) is 5.59. The van der Waals surface area contributed by atoms with Crippen LogP contribution in [0.5, 0.6) is 5.75 Å². The number of aliphatic hydroxyl groups is 1. The van der Waals surface area contributed by atoms with Crippen molar-refractivity contribution >= 4 is 17.9 Å². The first-order chi connectivity index (χ1) is 16.5. The van der Waals surface area contributed by atoms with E-state index in [1.165, 1.54) is 12.1 Å². The largest absolute Gasteiger partial charge is 0.508 e. The Morgan fingerprint density at radius 2 is 2.00 bits per heavy atom. The zero-order valence-electron chi connectivity index (χ0n) is 19.7. The number of allylic oxidation sites excluding steroid dienone is 3. The minimum Gasteiger partial charge on any atom is -0.508 e. The lowest BCUT2D eigenvalue weighted by Crippen LogP contribution is -2.58. The van der Waals surface area contributed by atoms with Gasteiger partial charge in [0.2, 0.25) is 6.41 Å². The van der Waals surface area contributed by atoms with Gasteiger partial charge >= 0.3 is 0 Å². The number of nitrogens with zero attached hydrogens (tertiary/aromatic N) is 4. The van der Waals surface area contributed by atoms with Crippen molar-refractivity contribution in [3.8, 4) is 5.75 Å². The highest BCUT2D eigenvalue weighted by atomic mass is 19.1. The fourth-order valence-corrected chi connectivity index (χ4v) is 5.20. The maximum atomic E-state index is 14.4. The van der Waals surface area contributed by atoms with Crippen molar-refractivity contribution < 1.29 is 19.4 Å². The Hall–Kier alpha value is -2.91. The first-order valence-corrected chi connectivity index (χ1v) is 12.1. The van der Waals surface area contributed by atoms with Crippen LogP contribution in [0.2, 0.25) is 0 Å². The molecule has 0 bridgehead atoms. The van der Waals surface area contributed by atoms with Gasteiger partial charge in [0.25, 0.3) is 0 Å². The molecule has 4 rings (SSSR count). The van der Waals surface area contributed by atoms with Crippen molar-refractivity contribution in [2.45, 2.75) is 44.7 Å². The molecule has 0 aromatic carbocycles. The molecule has 1 aromatic heterocycles. The molecular weight excluding hydrogens is 437 g/mol. The summed E-state index contributed by atoms with van der Waals surface area (Å²) in [6, 6.07) is 2.37. The SMILES string of the molecule is CCC1CN(c2ncc(NC=O)cc2O)CCN1C1CCN(CC2=C(F)CC=C(O)C=C2)CC1. The second-order valence-electron chi connectivity index (χ2n) is 9.18. The summed E-state index contributed by atoms with van der Waals surface area (Å²) >= 11 is 0. The number of anilines is 2. The number of aliphatic hydroxyl groups excluding tert-OH is 1. The summed E-state index contributed by atoms with van der Waals surface area (Å²) in [5, 5.41) is 22.6. The number of aromatic hydroxyl groups is 1. The molecule has 1 amide bonds. The van der Waals surface area contributed by atoms with Crippen LogP contribution in [-0.4, -0.2) is 82.8 Å². The number of aromatic nitrogens is 1. The lowest BCUT2D eigenvalue weighted by atomic mass is 9.97. The predicted molar refractivity (Wildman–Crippen MR) is 131 cm³/mol. The number of amides is 1. The van der Waals surface area contributed by atoms with Crippen LogP contribution in [0.3, 0.4) is 0 Å². The third-order valence-corrected chi connectivity index (χ3v) is 7.09. The fraction of sp³-hybridized carbons (Fsp3) is 0.520. The third-order valence-electron chi connectivity index (χ3n) is 7.09. The second kappa shape index (κ2) is 11.0. The summed E-state index contributed by atoms with van der Waals surface area (Å²) in [5.41, 5.74) is 1.12. The highest BCUT2D eigenvalue weighted by Crippen LogP contribution is 2.31. The van der Waals surface area contributed by atoms with Gasteiger partial charge in [-0.3, -0.25) is 14.6 Å². The van der Waals surface area contributed by atoms with E-state index in [9.17, 15) is 19.4 Å². The molecule has 2 saturated heterocycles. The van der Waals surface area contributed by atoms with Gasteiger partial charge in [-0.1, -0.05) is 13.0 Å². The Bertz CT molecular complexity index is 971. The van der Waals surface area contributed by atoms with E-state index in [0.29, 0.717) is 42.1 Å². The molecule has 9 heteroatoms. The number of hydrogen-bond acceptors (Lipinski definition) is 7. The van der Waals surface area contributed by atoms with Gasteiger partial charge in [-0.05, 0) is 50.1 Å². The lowest BCUT2D eigenvalue weighted by molar-refractivity contribution is -0.105. The molecule has 184 valence electrons. The number of pyridine rings is 1. The Morgan fingerprint density at radius 3 is 2.71 bits per heavy atom. The van der Waals surface area contributed by atoms with E-state index in [-0.39, 0.29) is 23.8 Å². The summed E-state index contributed by atoms with van der Waals surface area (Å²) < 4.78 is 14.4. The molecule has 3 aliphatic rings. The molecule has 3 N–H and O–H groups in total. The first-order valence-electron chi connectivity index (χ1n) is 12.1. The van der Waals surface area contributed by atoms with Crippen molar-refractivity contribution in [3.63, 3.8) is 0 Å². The number of nitrogens with one attached hydrogen (secondary N) is 1. The standard InChI is InChI=1S/C25H34FN5O3/c1-2-20-16-30(25-24(34)13-19(14-27-25)28-17-32)11-12-31(20)21-7-9-29(10-8-21)15-18-3-4-22(33)5-6-23(18)26/h3-5,13-14,17,20-21,33-34H,2,6-12,15-16H2,1H3,(H,28,32). The number of carbonyl (C=O) groups is 1. The van der Waals surface area contributed by atoms with Gasteiger partial charge in [0.1, 0.15) is 11.6 Å². The summed E-state index contributed by atoms with van der Waals surface area (Å²) in [5.74, 6) is 0.569. The van der Waals surface area contributed by atoms with Crippen LogP contribution in [0.25, 0.3) is 0 Å². The monoisotopic (exact) mass is 471 g/mol. The second-order valence-corrected chi connectivity index (χ2v) is 9.18. The lowest BCUT2D eigenvalue weighted by Gasteiger charge is -2.47. The summed E-state index contributed by atoms with van der Waals surface area (Å²) in [6.45, 7) is 7.05. The summed E-state index contributed by atoms with van der Waals surface area (Å²) in [6.07, 6.45) is 10.1. The highest BCUT2D eigenvalue weighted by Gasteiger charge is 2.34. The van der Waals surface area contributed by atoms with Crippen LogP contribution >= 0.6 is 0 Å². The predicted octanol–water partition coefficient (Wildman–Crippen LogP) is 3.35. The molecule has 0 saturated carbocycles. The topological polar surface area (TPSA) is 92.2 Å². The molecule has 1 aliphatic carbocycles. The van der Waals surface area contributed by atoms with Crippen LogP contribution in [0.1, 0.15) is 32.6 Å². The molecule has 3 heterocycles. The van der Waals surface area contributed by atoms with E-state index in [1.807, 2.05) is 0 Å². The van der Waals surface area contributed by atoms with Crippen molar-refractivity contribution in [2.24, 2.45) is 0 Å². The van der Waals surface area contributed by atoms with Gasteiger partial charge in [0, 0.05) is 50.7 Å². The number of rotatable bonds is 7. The molecule has 1 unspecified atom stereocenters. The van der Waals surface area contributed by atoms with Crippen molar-refractivity contribution in [1.82, 2.24) is 14.8 Å². The molecule has 1 aromatic rings. The van der Waals surface area contributed by atoms with E-state index in [2.05, 4.69) is 31.9 Å². The van der Waals surface area contributed by atoms with E-state index in [1.54, 1.807) is 18.3 Å². The average Bonchev–Trinajstić information content (AvgIpc) is 3.00. The molecule has 8 nitrogen and oxygen atoms in total. The summed E-state index contributed by atoms with van der Waals surface area (Å²) in [7, 11) is 0. The quantitative estimate of drug-likeness (QED) is 0.525. The number of carbonyl (C=O) groups excluding carboxylic acids is 1. The zero-order chi connectivity index (χ0) is 24.1. The zero-order valence-corrected chi connectivity index (χ0v) is 19.7. The minimum absolute atomic E-state index is 0.0704. The van der Waals surface area contributed by atoms with Crippen LogP contribution in [0, 0.1) is 0 Å². The van der Waals surface area contributed by atoms with Gasteiger partial charge in [-0.25, -0.2) is 9.37 Å². The van der Waals surface area contributed by atoms with Gasteiger partial charge in [-0.15, -0.1) is 0 Å². The first kappa shape index (κ1) is 24.2. The van der Waals surface area contributed by atoms with Crippen LogP contribution in [0.4, 0.5) is 15.9 Å². The Morgan fingerprint density at radius 1 is 1.21 bits per heavy atom. The molecular formula is C25H34FN5O3. The van der Waals surface area contributed by atoms with E-state index < -0.39 is 0 Å². The molecule has 2 aliphatic heterocycles. The molecule has 2 fully saturated rings. The number of likely N-dealkylation sites (tertiary alicyclic amines) is 1. The van der Waals surface area contributed by atoms with Crippen molar-refractivity contribution in [3.05, 3.63) is 47.7 Å². The van der Waals surface area contributed by atoms with E-state index in [0.717, 1.165) is 52.0 Å². The van der Waals surface area contributed by atoms with Crippen LogP contribution < -0.4 is 10.2 Å². The Balaban J connectivity index is 1.33. The van der Waals surface area contributed by atoms with Crippen molar-refractivity contribution in [1.29, 1.82) is 0 Å². The van der Waals surface area contributed by atoms with Crippen LogP contribution in [-0.2, 0) is 4.79 Å². The number of piperidine rings is 1. The van der Waals surface area contributed by atoms with Crippen LogP contribution in [0.15, 0.2) is 47.7 Å². The Kier molecular flexibility index (Phi) is 7.84. The highest BCUT2D eigenvalue weighted by molar-refractivity contribution is 5.73. The van der Waals surface area contributed by atoms with E-state index >= 15 is 0 Å². The van der Waals surface area contributed by atoms with Gasteiger partial charge in [0.15, 0.2) is 11.6 Å². The molecule has 0 radical (unpaired) electrons. The van der Waals surface area contributed by atoms with Crippen molar-refractivity contribution in [2.75, 3.05) is 49.5 Å². The smallest absolute Gasteiger partial charge is 0.211 e. The van der Waals surface area contributed by atoms with E-state index in [4.69, 9.17) is 0 Å². The number of piperazine rings is 1. The number of hydrogen-bond donors (Lipinski definition) is 3. The fourth-order valence-electron chi connectivity index (χ4n) is 5.20. The van der Waals surface area contributed by atoms with Gasteiger partial charge in [0.05, 0.1) is 11.9 Å². The Labute approximate surface area is 200 Å². The normalized spacial score (nSPS) is 23.1. The maximum absolute atomic E-state index is 14.4. The molecule has 0 spiro atoms. The minimum atomic E-state index is -0.170. The van der Waals surface area contributed by atoms with Gasteiger partial charge < -0.3 is 20.4 Å². The maximum Gasteiger partial charge on any atom is 0.211 e. The average molecular weight is 472 g/mol. The molecule has 1 atom stereocenters. The molecule has 34 heavy (non-hydrogen) atoms. The summed E-state index contributed by atoms with van der Waals surface area (Å²) in [4.78, 5) is 22.0. The number of halogens is 1.